The third-order valence-corrected chi connectivity index (χ3v) is 3.72. The molecule has 1 rings (SSSR count). The number of carbonyl (C=O) groups is 2. The van der Waals surface area contributed by atoms with Crippen molar-refractivity contribution in [1.82, 2.24) is 5.32 Å². The molecular formula is C14H25NO4. The van der Waals surface area contributed by atoms with E-state index in [0.717, 1.165) is 25.7 Å². The van der Waals surface area contributed by atoms with Gasteiger partial charge in [-0.25, -0.2) is 0 Å². The van der Waals surface area contributed by atoms with Crippen LogP contribution in [0.4, 0.5) is 0 Å². The Bertz CT molecular complexity index is 285. The van der Waals surface area contributed by atoms with E-state index in [1.54, 1.807) is 0 Å². The van der Waals surface area contributed by atoms with Gasteiger partial charge in [0.05, 0.1) is 12.5 Å². The number of nitrogens with one attached hydrogen (secondary N) is 1. The normalized spacial score (nSPS) is 19.2. The highest BCUT2D eigenvalue weighted by Crippen LogP contribution is 2.22. The molecule has 5 heteroatoms. The van der Waals surface area contributed by atoms with E-state index >= 15 is 0 Å². The lowest BCUT2D eigenvalue weighted by Gasteiger charge is -2.20. The fourth-order valence-corrected chi connectivity index (χ4v) is 2.51. The van der Waals surface area contributed by atoms with Crippen LogP contribution in [0.3, 0.4) is 0 Å². The molecule has 0 aromatic carbocycles. The molecule has 0 aromatic rings. The average molecular weight is 271 g/mol. The summed E-state index contributed by atoms with van der Waals surface area (Å²) in [7, 11) is 1.47. The maximum atomic E-state index is 12.1. The molecule has 1 atom stereocenters. The molecule has 0 bridgehead atoms. The minimum absolute atomic E-state index is 0.0503. The van der Waals surface area contributed by atoms with E-state index in [1.165, 1.54) is 26.4 Å². The van der Waals surface area contributed by atoms with Gasteiger partial charge in [0.25, 0.3) is 0 Å². The summed E-state index contributed by atoms with van der Waals surface area (Å²) in [4.78, 5) is 22.7. The molecule has 19 heavy (non-hydrogen) atoms. The third-order valence-electron chi connectivity index (χ3n) is 3.72. The zero-order valence-electron chi connectivity index (χ0n) is 11.7. The number of hydrogen-bond acceptors (Lipinski definition) is 3. The van der Waals surface area contributed by atoms with Crippen molar-refractivity contribution in [3.8, 4) is 0 Å². The quantitative estimate of drug-likeness (QED) is 0.774. The van der Waals surface area contributed by atoms with Crippen molar-refractivity contribution in [1.29, 1.82) is 0 Å². The average Bonchev–Trinajstić information content (AvgIpc) is 2.33. The summed E-state index contributed by atoms with van der Waals surface area (Å²) in [5, 5.41) is 11.5. The fourth-order valence-electron chi connectivity index (χ4n) is 2.51. The van der Waals surface area contributed by atoms with Gasteiger partial charge in [0, 0.05) is 19.6 Å². The number of aliphatic carboxylic acids is 1. The van der Waals surface area contributed by atoms with Crippen molar-refractivity contribution in [2.45, 2.75) is 57.5 Å². The van der Waals surface area contributed by atoms with Crippen LogP contribution in [0.2, 0.25) is 0 Å². The van der Waals surface area contributed by atoms with Gasteiger partial charge in [0.1, 0.15) is 0 Å². The number of carbonyl (C=O) groups excluding carboxylic acids is 1. The van der Waals surface area contributed by atoms with Gasteiger partial charge >= 0.3 is 5.97 Å². The third kappa shape index (κ3) is 6.57. The molecule has 2 N–H and O–H groups in total. The zero-order chi connectivity index (χ0) is 14.1. The van der Waals surface area contributed by atoms with Crippen LogP contribution in [-0.4, -0.2) is 36.7 Å². The molecule has 0 aliphatic heterocycles. The second-order valence-corrected chi connectivity index (χ2v) is 5.24. The highest BCUT2D eigenvalue weighted by molar-refractivity contribution is 5.78. The van der Waals surface area contributed by atoms with Gasteiger partial charge in [-0.3, -0.25) is 9.59 Å². The molecule has 0 aromatic heterocycles. The van der Waals surface area contributed by atoms with E-state index in [4.69, 9.17) is 9.84 Å². The molecule has 110 valence electrons. The van der Waals surface area contributed by atoms with Crippen LogP contribution in [-0.2, 0) is 14.3 Å². The van der Waals surface area contributed by atoms with Crippen LogP contribution in [0, 0.1) is 5.92 Å². The monoisotopic (exact) mass is 271 g/mol. The Kier molecular flexibility index (Phi) is 7.48. The first-order chi connectivity index (χ1) is 9.13. The summed E-state index contributed by atoms with van der Waals surface area (Å²) in [5.74, 6) is -0.774. The number of carboxylic acid groups (broad SMARTS) is 1. The van der Waals surface area contributed by atoms with Crippen molar-refractivity contribution < 1.29 is 19.4 Å². The maximum absolute atomic E-state index is 12.1. The van der Waals surface area contributed by atoms with E-state index < -0.39 is 12.1 Å². The molecular weight excluding hydrogens is 246 g/mol. The maximum Gasteiger partial charge on any atom is 0.306 e. The Morgan fingerprint density at radius 3 is 2.32 bits per heavy atom. The molecule has 1 fully saturated rings. The van der Waals surface area contributed by atoms with Gasteiger partial charge < -0.3 is 15.2 Å². The smallest absolute Gasteiger partial charge is 0.306 e. The van der Waals surface area contributed by atoms with Gasteiger partial charge in [-0.2, -0.15) is 0 Å². The second kappa shape index (κ2) is 8.91. The lowest BCUT2D eigenvalue weighted by Crippen LogP contribution is -2.38. The van der Waals surface area contributed by atoms with Crippen molar-refractivity contribution in [3.63, 3.8) is 0 Å². The lowest BCUT2D eigenvalue weighted by atomic mass is 9.90. The summed E-state index contributed by atoms with van der Waals surface area (Å²) in [5.41, 5.74) is 0. The van der Waals surface area contributed by atoms with Crippen molar-refractivity contribution in [2.75, 3.05) is 13.7 Å². The zero-order valence-corrected chi connectivity index (χ0v) is 11.7. The van der Waals surface area contributed by atoms with Crippen LogP contribution in [0.5, 0.6) is 0 Å². The molecule has 1 amide bonds. The van der Waals surface area contributed by atoms with Gasteiger partial charge in [0.15, 0.2) is 0 Å². The first-order valence-corrected chi connectivity index (χ1v) is 7.15. The molecule has 1 saturated carbocycles. The second-order valence-electron chi connectivity index (χ2n) is 5.24. The predicted molar refractivity (Wildman–Crippen MR) is 71.9 cm³/mol. The Balaban J connectivity index is 2.33. The largest absolute Gasteiger partial charge is 0.481 e. The van der Waals surface area contributed by atoms with Crippen LogP contribution in [0.1, 0.15) is 51.4 Å². The molecule has 0 spiro atoms. The summed E-state index contributed by atoms with van der Waals surface area (Å²) >= 11 is 0. The molecule has 1 aliphatic rings. The van der Waals surface area contributed by atoms with E-state index in [0.29, 0.717) is 0 Å². The predicted octanol–water partition coefficient (Wildman–Crippen LogP) is 1.95. The number of carboxylic acids is 1. The summed E-state index contributed by atoms with van der Waals surface area (Å²) in [6.07, 6.45) is 7.29. The topological polar surface area (TPSA) is 75.6 Å². The van der Waals surface area contributed by atoms with E-state index in [-0.39, 0.29) is 24.8 Å². The highest BCUT2D eigenvalue weighted by Gasteiger charge is 2.20. The van der Waals surface area contributed by atoms with E-state index in [9.17, 15) is 9.59 Å². The summed E-state index contributed by atoms with van der Waals surface area (Å²) in [6, 6.07) is 0. The molecule has 5 nitrogen and oxygen atoms in total. The number of hydrogen-bond donors (Lipinski definition) is 2. The Morgan fingerprint density at radius 2 is 1.79 bits per heavy atom. The van der Waals surface area contributed by atoms with E-state index in [1.807, 2.05) is 0 Å². The van der Waals surface area contributed by atoms with Gasteiger partial charge in [0.2, 0.25) is 5.91 Å². The molecule has 1 unspecified atom stereocenters. The minimum atomic E-state index is -0.910. The molecule has 0 saturated heterocycles. The number of amides is 1. The molecule has 1 aliphatic carbocycles. The SMILES string of the molecule is COC(CNC(=O)C1CCCCCCC1)CC(=O)O. The first kappa shape index (κ1) is 16.0. The first-order valence-electron chi connectivity index (χ1n) is 7.15. The van der Waals surface area contributed by atoms with Gasteiger partial charge in [-0.05, 0) is 12.8 Å². The number of methoxy groups -OCH3 is 1. The van der Waals surface area contributed by atoms with Gasteiger partial charge in [-0.1, -0.05) is 32.1 Å². The van der Waals surface area contributed by atoms with Crippen LogP contribution < -0.4 is 5.32 Å². The standard InChI is InChI=1S/C14H25NO4/c1-19-12(9-13(16)17)10-15-14(18)11-7-5-3-2-4-6-8-11/h11-12H,2-10H2,1H3,(H,15,18)(H,16,17). The Hall–Kier alpha value is -1.10. The Morgan fingerprint density at radius 1 is 1.21 bits per heavy atom. The minimum Gasteiger partial charge on any atom is -0.481 e. The van der Waals surface area contributed by atoms with Crippen molar-refractivity contribution >= 4 is 11.9 Å². The van der Waals surface area contributed by atoms with Gasteiger partial charge in [-0.15, -0.1) is 0 Å². The van der Waals surface area contributed by atoms with Crippen LogP contribution >= 0.6 is 0 Å². The highest BCUT2D eigenvalue weighted by atomic mass is 16.5. The summed E-state index contributed by atoms with van der Waals surface area (Å²) < 4.78 is 5.05. The van der Waals surface area contributed by atoms with E-state index in [2.05, 4.69) is 5.32 Å². The van der Waals surface area contributed by atoms with Crippen LogP contribution in [0.15, 0.2) is 0 Å². The molecule has 0 radical (unpaired) electrons. The lowest BCUT2D eigenvalue weighted by molar-refractivity contribution is -0.140. The Labute approximate surface area is 114 Å². The number of ether oxygens (including phenoxy) is 1. The van der Waals surface area contributed by atoms with Crippen molar-refractivity contribution in [3.05, 3.63) is 0 Å². The number of rotatable bonds is 6. The fraction of sp³-hybridized carbons (Fsp3) is 0.857. The summed E-state index contributed by atoms with van der Waals surface area (Å²) in [6.45, 7) is 0.276. The van der Waals surface area contributed by atoms with Crippen molar-refractivity contribution in [2.24, 2.45) is 5.92 Å². The molecule has 0 heterocycles. The van der Waals surface area contributed by atoms with Crippen LogP contribution in [0.25, 0.3) is 0 Å².